The molecule has 2 saturated heterocycles. The van der Waals surface area contributed by atoms with Crippen molar-refractivity contribution < 1.29 is 24.2 Å². The zero-order valence-electron chi connectivity index (χ0n) is 26.4. The van der Waals surface area contributed by atoms with Crippen molar-refractivity contribution in [1.82, 2.24) is 9.80 Å². The molecule has 3 aromatic rings. The molecule has 8 nitrogen and oxygen atoms in total. The Kier molecular flexibility index (Phi) is 7.45. The summed E-state index contributed by atoms with van der Waals surface area (Å²) in [5, 5.41) is 10.9. The topological polar surface area (TPSA) is 90.4 Å². The molecule has 7 rings (SSSR count). The number of carbonyl (C=O) groups excluding carboxylic acids is 3. The molecule has 0 bridgehead atoms. The molecule has 8 heteroatoms. The van der Waals surface area contributed by atoms with Crippen molar-refractivity contribution in [2.75, 3.05) is 24.6 Å². The lowest BCUT2D eigenvalue weighted by Gasteiger charge is -2.40. The van der Waals surface area contributed by atoms with Crippen molar-refractivity contribution in [3.05, 3.63) is 125 Å². The number of likely N-dealkylation sites (tertiary alicyclic amines) is 1. The summed E-state index contributed by atoms with van der Waals surface area (Å²) in [5.74, 6) is -2.72. The van der Waals surface area contributed by atoms with Crippen molar-refractivity contribution in [2.45, 2.75) is 50.6 Å². The van der Waals surface area contributed by atoms with Crippen LogP contribution in [0.2, 0.25) is 0 Å². The summed E-state index contributed by atoms with van der Waals surface area (Å²) in [5.41, 5.74) is 1.78. The van der Waals surface area contributed by atoms with Gasteiger partial charge in [-0.3, -0.25) is 14.4 Å². The molecular formula is C38H39N3O5. The van der Waals surface area contributed by atoms with Crippen LogP contribution in [0.1, 0.15) is 35.2 Å². The molecule has 46 heavy (non-hydrogen) atoms. The van der Waals surface area contributed by atoms with Crippen LogP contribution in [0.3, 0.4) is 0 Å². The van der Waals surface area contributed by atoms with Crippen LogP contribution in [0.5, 0.6) is 0 Å². The van der Waals surface area contributed by atoms with Gasteiger partial charge < -0.3 is 24.5 Å². The summed E-state index contributed by atoms with van der Waals surface area (Å²) in [6, 6.07) is 23.0. The molecule has 0 aliphatic carbocycles. The van der Waals surface area contributed by atoms with Crippen LogP contribution in [-0.4, -0.2) is 69.6 Å². The zero-order valence-corrected chi connectivity index (χ0v) is 26.4. The standard InChI is InChI=1S/C38H39N3O5/c1-25-13-10-14-26(2)32(25)40-22-12-20-38-31(35(44)41(33(38)36(40)45)29(24-42)28-17-8-5-9-18-28)30-34(43)39(21-11-19-37(30,3)46-38)23-27-15-6-4-7-16-27/h4-20,29-31,33,42H,21-24H2,1-3H3/t29-,30-,31+,33?,37+,38+/m1/s1. The van der Waals surface area contributed by atoms with E-state index in [1.54, 1.807) is 9.80 Å². The number of hydrogen-bond donors (Lipinski definition) is 1. The number of aliphatic hydroxyl groups excluding tert-OH is 1. The Labute approximate surface area is 269 Å². The summed E-state index contributed by atoms with van der Waals surface area (Å²) >= 11 is 0. The Morgan fingerprint density at radius 2 is 1.46 bits per heavy atom. The maximum Gasteiger partial charge on any atom is 0.253 e. The molecule has 236 valence electrons. The number of amides is 3. The number of aliphatic hydroxyl groups is 1. The Morgan fingerprint density at radius 1 is 0.804 bits per heavy atom. The number of benzene rings is 3. The third kappa shape index (κ3) is 4.54. The molecule has 1 unspecified atom stereocenters. The molecular weight excluding hydrogens is 578 g/mol. The molecule has 3 amide bonds. The van der Waals surface area contributed by atoms with Gasteiger partial charge in [-0.15, -0.1) is 0 Å². The predicted molar refractivity (Wildman–Crippen MR) is 175 cm³/mol. The Hall–Kier alpha value is -4.53. The van der Waals surface area contributed by atoms with Gasteiger partial charge in [-0.2, -0.15) is 0 Å². The quantitative estimate of drug-likeness (QED) is 0.412. The maximum absolute atomic E-state index is 15.1. The molecule has 4 aliphatic heterocycles. The number of fused-ring (bicyclic) bond motifs is 2. The molecule has 1 spiro atoms. The van der Waals surface area contributed by atoms with Gasteiger partial charge in [0.15, 0.2) is 0 Å². The first-order valence-electron chi connectivity index (χ1n) is 15.9. The molecule has 0 radical (unpaired) electrons. The van der Waals surface area contributed by atoms with E-state index in [1.165, 1.54) is 4.90 Å². The van der Waals surface area contributed by atoms with Crippen LogP contribution in [0.4, 0.5) is 5.69 Å². The van der Waals surface area contributed by atoms with Crippen LogP contribution in [-0.2, 0) is 25.7 Å². The van der Waals surface area contributed by atoms with Gasteiger partial charge in [0.05, 0.1) is 30.1 Å². The number of nitrogens with zero attached hydrogens (tertiary/aromatic N) is 3. The average molecular weight is 618 g/mol. The molecule has 1 N–H and O–H groups in total. The van der Waals surface area contributed by atoms with E-state index in [1.807, 2.05) is 124 Å². The minimum absolute atomic E-state index is 0.191. The van der Waals surface area contributed by atoms with Crippen LogP contribution >= 0.6 is 0 Å². The lowest BCUT2D eigenvalue weighted by Crippen LogP contribution is -2.57. The molecule has 4 heterocycles. The van der Waals surface area contributed by atoms with Gasteiger partial charge in [-0.25, -0.2) is 0 Å². The highest BCUT2D eigenvalue weighted by atomic mass is 16.5. The third-order valence-corrected chi connectivity index (χ3v) is 10.2. The first-order chi connectivity index (χ1) is 22.2. The van der Waals surface area contributed by atoms with Gasteiger partial charge in [0.2, 0.25) is 11.8 Å². The zero-order chi connectivity index (χ0) is 32.2. The van der Waals surface area contributed by atoms with E-state index in [-0.39, 0.29) is 24.3 Å². The van der Waals surface area contributed by atoms with Crippen molar-refractivity contribution in [2.24, 2.45) is 11.8 Å². The van der Waals surface area contributed by atoms with Gasteiger partial charge in [0.25, 0.3) is 5.91 Å². The van der Waals surface area contributed by atoms with E-state index in [9.17, 15) is 9.90 Å². The normalized spacial score (nSPS) is 29.3. The summed E-state index contributed by atoms with van der Waals surface area (Å²) in [4.78, 5) is 49.7. The monoisotopic (exact) mass is 617 g/mol. The third-order valence-electron chi connectivity index (χ3n) is 10.2. The van der Waals surface area contributed by atoms with Gasteiger partial charge in [0.1, 0.15) is 11.6 Å². The second kappa shape index (κ2) is 11.4. The number of carbonyl (C=O) groups is 3. The van der Waals surface area contributed by atoms with Gasteiger partial charge in [-0.05, 0) is 43.0 Å². The number of hydrogen-bond acceptors (Lipinski definition) is 5. The van der Waals surface area contributed by atoms with E-state index in [2.05, 4.69) is 0 Å². The first-order valence-corrected chi connectivity index (χ1v) is 15.9. The van der Waals surface area contributed by atoms with E-state index in [0.29, 0.717) is 18.7 Å². The lowest BCUT2D eigenvalue weighted by molar-refractivity contribution is -0.151. The maximum atomic E-state index is 15.1. The SMILES string of the molecule is Cc1cccc(C)c1N1CC=C[C@]23O[C@@]4(C)C=CCN(Cc5ccccc5)C(=O)[C@H]4[C@H]2C(=O)N([C@H](CO)c2ccccc2)C3C1=O. The number of aryl methyl sites for hydroxylation is 2. The summed E-state index contributed by atoms with van der Waals surface area (Å²) in [6.07, 6.45) is 7.58. The summed E-state index contributed by atoms with van der Waals surface area (Å²) in [6.45, 7) is 6.44. The molecule has 0 aromatic heterocycles. The van der Waals surface area contributed by atoms with Crippen LogP contribution in [0.25, 0.3) is 0 Å². The fourth-order valence-corrected chi connectivity index (χ4v) is 8.25. The number of anilines is 1. The fourth-order valence-electron chi connectivity index (χ4n) is 8.25. The highest BCUT2D eigenvalue weighted by molar-refractivity contribution is 6.06. The minimum Gasteiger partial charge on any atom is -0.394 e. The number of para-hydroxylation sites is 1. The second-order valence-corrected chi connectivity index (χ2v) is 13.1. The van der Waals surface area contributed by atoms with Gasteiger partial charge >= 0.3 is 0 Å². The molecule has 3 aromatic carbocycles. The van der Waals surface area contributed by atoms with E-state index >= 15 is 9.59 Å². The van der Waals surface area contributed by atoms with Gasteiger partial charge in [0, 0.05) is 25.3 Å². The van der Waals surface area contributed by atoms with E-state index in [4.69, 9.17) is 4.74 Å². The van der Waals surface area contributed by atoms with Crippen LogP contribution in [0.15, 0.2) is 103 Å². The molecule has 4 aliphatic rings. The number of ether oxygens (including phenoxy) is 1. The minimum atomic E-state index is -1.43. The van der Waals surface area contributed by atoms with E-state index < -0.39 is 41.7 Å². The Morgan fingerprint density at radius 3 is 2.13 bits per heavy atom. The highest BCUT2D eigenvalue weighted by Crippen LogP contribution is 2.59. The Bertz CT molecular complexity index is 1720. The number of rotatable bonds is 6. The second-order valence-electron chi connectivity index (χ2n) is 13.1. The molecule has 0 saturated carbocycles. The predicted octanol–water partition coefficient (Wildman–Crippen LogP) is 4.51. The van der Waals surface area contributed by atoms with Crippen molar-refractivity contribution in [3.8, 4) is 0 Å². The summed E-state index contributed by atoms with van der Waals surface area (Å²) < 4.78 is 7.03. The van der Waals surface area contributed by atoms with Gasteiger partial charge in [-0.1, -0.05) is 103 Å². The average Bonchev–Trinajstić information content (AvgIpc) is 3.32. The molecule has 2 fully saturated rings. The molecule has 6 atom stereocenters. The largest absolute Gasteiger partial charge is 0.394 e. The lowest BCUT2D eigenvalue weighted by atomic mass is 9.74. The van der Waals surface area contributed by atoms with Crippen LogP contribution in [0, 0.1) is 25.7 Å². The van der Waals surface area contributed by atoms with Crippen molar-refractivity contribution in [3.63, 3.8) is 0 Å². The fraction of sp³-hybridized carbons (Fsp3) is 0.342. The first kappa shape index (κ1) is 30.1. The van der Waals surface area contributed by atoms with Crippen molar-refractivity contribution in [1.29, 1.82) is 0 Å². The smallest absolute Gasteiger partial charge is 0.253 e. The van der Waals surface area contributed by atoms with E-state index in [0.717, 1.165) is 22.4 Å². The summed E-state index contributed by atoms with van der Waals surface area (Å²) in [7, 11) is 0. The van der Waals surface area contributed by atoms with Crippen molar-refractivity contribution >= 4 is 23.4 Å². The van der Waals surface area contributed by atoms with Crippen LogP contribution < -0.4 is 4.90 Å². The highest BCUT2D eigenvalue weighted by Gasteiger charge is 2.75. The Balaban J connectivity index is 1.38.